The Hall–Kier alpha value is -2.67. The summed E-state index contributed by atoms with van der Waals surface area (Å²) >= 11 is 1.24. The number of para-hydroxylation sites is 2. The molecule has 1 unspecified atom stereocenters. The van der Waals surface area contributed by atoms with Crippen molar-refractivity contribution in [3.63, 3.8) is 0 Å². The number of halogens is 1. The maximum Gasteiger partial charge on any atom is 0.242 e. The molecule has 1 aliphatic rings. The summed E-state index contributed by atoms with van der Waals surface area (Å²) in [5.74, 6) is -1.11. The summed E-state index contributed by atoms with van der Waals surface area (Å²) in [4.78, 5) is 30.3. The van der Waals surface area contributed by atoms with Crippen LogP contribution in [0, 0.1) is 5.82 Å². The van der Waals surface area contributed by atoms with Crippen molar-refractivity contribution in [2.24, 2.45) is 4.99 Å². The van der Waals surface area contributed by atoms with Gasteiger partial charge in [0.15, 0.2) is 5.17 Å². The Morgan fingerprint density at radius 3 is 2.60 bits per heavy atom. The summed E-state index contributed by atoms with van der Waals surface area (Å²) in [6, 6.07) is 15.2. The molecule has 128 valence electrons. The molecule has 0 bridgehead atoms. The van der Waals surface area contributed by atoms with Crippen LogP contribution in [0.4, 0.5) is 15.8 Å². The van der Waals surface area contributed by atoms with E-state index in [1.165, 1.54) is 28.8 Å². The van der Waals surface area contributed by atoms with Gasteiger partial charge in [-0.1, -0.05) is 42.1 Å². The second-order valence-electron chi connectivity index (χ2n) is 5.47. The van der Waals surface area contributed by atoms with Crippen molar-refractivity contribution in [1.82, 2.24) is 4.90 Å². The predicted molar refractivity (Wildman–Crippen MR) is 97.3 cm³/mol. The number of amides is 2. The van der Waals surface area contributed by atoms with Crippen LogP contribution >= 0.6 is 11.8 Å². The zero-order valence-corrected chi connectivity index (χ0v) is 14.3. The number of hydrogen-bond acceptors (Lipinski definition) is 4. The molecule has 2 aromatic rings. The van der Waals surface area contributed by atoms with Gasteiger partial charge < -0.3 is 5.32 Å². The second kappa shape index (κ2) is 7.48. The van der Waals surface area contributed by atoms with Crippen LogP contribution in [-0.2, 0) is 9.59 Å². The minimum atomic E-state index is -0.570. The van der Waals surface area contributed by atoms with Gasteiger partial charge in [0.25, 0.3) is 0 Å². The van der Waals surface area contributed by atoms with Crippen LogP contribution in [0.5, 0.6) is 0 Å². The van der Waals surface area contributed by atoms with Gasteiger partial charge in [-0.25, -0.2) is 9.38 Å². The number of rotatable bonds is 4. The minimum Gasteiger partial charge on any atom is -0.324 e. The zero-order chi connectivity index (χ0) is 17.8. The van der Waals surface area contributed by atoms with Gasteiger partial charge in [0.1, 0.15) is 11.1 Å². The fourth-order valence-electron chi connectivity index (χ4n) is 2.34. The molecule has 3 rings (SSSR count). The van der Waals surface area contributed by atoms with Crippen molar-refractivity contribution in [2.45, 2.75) is 11.7 Å². The summed E-state index contributed by atoms with van der Waals surface area (Å²) in [5, 5.41) is 2.47. The topological polar surface area (TPSA) is 61.8 Å². The molecule has 1 N–H and O–H groups in total. The number of aliphatic imine (C=N–C) groups is 1. The first kappa shape index (κ1) is 17.2. The molecular weight excluding hydrogens is 341 g/mol. The third-order valence-corrected chi connectivity index (χ3v) is 4.87. The number of nitrogens with zero attached hydrogens (tertiary/aromatic N) is 2. The molecule has 0 radical (unpaired) electrons. The Kier molecular flexibility index (Phi) is 5.14. The highest BCUT2D eigenvalue weighted by molar-refractivity contribution is 8.15. The van der Waals surface area contributed by atoms with Crippen molar-refractivity contribution in [3.05, 3.63) is 60.4 Å². The smallest absolute Gasteiger partial charge is 0.242 e. The quantitative estimate of drug-likeness (QED) is 0.912. The van der Waals surface area contributed by atoms with Crippen LogP contribution in [0.1, 0.15) is 6.42 Å². The van der Waals surface area contributed by atoms with E-state index in [1.54, 1.807) is 19.2 Å². The molecule has 0 saturated carbocycles. The lowest BCUT2D eigenvalue weighted by molar-refractivity contribution is -0.127. The van der Waals surface area contributed by atoms with Gasteiger partial charge in [-0.2, -0.15) is 0 Å². The van der Waals surface area contributed by atoms with Crippen LogP contribution in [-0.4, -0.2) is 34.2 Å². The number of amidine groups is 1. The Bertz CT molecular complexity index is 826. The predicted octanol–water partition coefficient (Wildman–Crippen LogP) is 3.42. The van der Waals surface area contributed by atoms with E-state index in [1.807, 2.05) is 30.3 Å². The number of carbonyl (C=O) groups excluding carboxylic acids is 2. The highest BCUT2D eigenvalue weighted by atomic mass is 32.2. The molecule has 2 amide bonds. The van der Waals surface area contributed by atoms with E-state index in [-0.39, 0.29) is 18.0 Å². The van der Waals surface area contributed by atoms with Crippen molar-refractivity contribution in [2.75, 3.05) is 12.4 Å². The van der Waals surface area contributed by atoms with E-state index in [9.17, 15) is 14.0 Å². The largest absolute Gasteiger partial charge is 0.324 e. The lowest BCUT2D eigenvalue weighted by Gasteiger charge is -2.09. The summed E-state index contributed by atoms with van der Waals surface area (Å²) in [6.07, 6.45) is -0.0457. The van der Waals surface area contributed by atoms with Gasteiger partial charge in [0, 0.05) is 13.5 Å². The Morgan fingerprint density at radius 2 is 1.88 bits per heavy atom. The van der Waals surface area contributed by atoms with E-state index < -0.39 is 17.0 Å². The van der Waals surface area contributed by atoms with Gasteiger partial charge >= 0.3 is 0 Å². The van der Waals surface area contributed by atoms with Crippen LogP contribution in [0.2, 0.25) is 0 Å². The lowest BCUT2D eigenvalue weighted by atomic mass is 10.2. The molecule has 0 aliphatic carbocycles. The number of benzene rings is 2. The number of hydrogen-bond donors (Lipinski definition) is 1. The van der Waals surface area contributed by atoms with Gasteiger partial charge in [-0.15, -0.1) is 0 Å². The first-order chi connectivity index (χ1) is 12.0. The molecule has 2 aromatic carbocycles. The Labute approximate surface area is 148 Å². The maximum atomic E-state index is 13.6. The third kappa shape index (κ3) is 4.06. The summed E-state index contributed by atoms with van der Waals surface area (Å²) < 4.78 is 13.6. The minimum absolute atomic E-state index is 0.0457. The number of nitrogens with one attached hydrogen (secondary N) is 1. The van der Waals surface area contributed by atoms with Crippen LogP contribution < -0.4 is 5.32 Å². The summed E-state index contributed by atoms with van der Waals surface area (Å²) in [7, 11) is 1.63. The molecule has 0 aromatic heterocycles. The fourth-order valence-corrected chi connectivity index (χ4v) is 3.50. The standard InChI is InChI=1S/C18H16FN3O2S/c1-22-17(24)15(25-18(22)20-12-7-3-2-4-8-12)11-16(23)21-14-10-6-5-9-13(14)19/h2-10,15H,11H2,1H3,(H,21,23). The highest BCUT2D eigenvalue weighted by Gasteiger charge is 2.37. The number of anilines is 1. The second-order valence-corrected chi connectivity index (χ2v) is 6.64. The van der Waals surface area contributed by atoms with Crippen LogP contribution in [0.3, 0.4) is 0 Å². The van der Waals surface area contributed by atoms with E-state index >= 15 is 0 Å². The van der Waals surface area contributed by atoms with Crippen molar-refractivity contribution >= 4 is 40.1 Å². The highest BCUT2D eigenvalue weighted by Crippen LogP contribution is 2.30. The molecule has 1 fully saturated rings. The molecule has 1 aliphatic heterocycles. The first-order valence-electron chi connectivity index (χ1n) is 7.67. The number of thioether (sulfide) groups is 1. The van der Waals surface area contributed by atoms with Gasteiger partial charge in [-0.3, -0.25) is 14.5 Å². The average molecular weight is 357 g/mol. The lowest BCUT2D eigenvalue weighted by Crippen LogP contribution is -2.30. The van der Waals surface area contributed by atoms with Crippen LogP contribution in [0.25, 0.3) is 0 Å². The monoisotopic (exact) mass is 357 g/mol. The van der Waals surface area contributed by atoms with Crippen molar-refractivity contribution in [3.8, 4) is 0 Å². The van der Waals surface area contributed by atoms with Gasteiger partial charge in [0.2, 0.25) is 11.8 Å². The van der Waals surface area contributed by atoms with Gasteiger partial charge in [0.05, 0.1) is 11.4 Å². The molecule has 1 heterocycles. The normalized spacial score (nSPS) is 18.6. The van der Waals surface area contributed by atoms with E-state index in [0.29, 0.717) is 5.17 Å². The van der Waals surface area contributed by atoms with E-state index in [0.717, 1.165) is 5.69 Å². The molecule has 25 heavy (non-hydrogen) atoms. The first-order valence-corrected chi connectivity index (χ1v) is 8.55. The van der Waals surface area contributed by atoms with Gasteiger partial charge in [-0.05, 0) is 24.3 Å². The fraction of sp³-hybridized carbons (Fsp3) is 0.167. The summed E-state index contributed by atoms with van der Waals surface area (Å²) in [5.41, 5.74) is 0.843. The third-order valence-electron chi connectivity index (χ3n) is 3.64. The Morgan fingerprint density at radius 1 is 1.20 bits per heavy atom. The average Bonchev–Trinajstić information content (AvgIpc) is 2.86. The zero-order valence-electron chi connectivity index (χ0n) is 13.5. The Balaban J connectivity index is 1.67. The molecule has 1 saturated heterocycles. The summed E-state index contributed by atoms with van der Waals surface area (Å²) in [6.45, 7) is 0. The molecule has 0 spiro atoms. The van der Waals surface area contributed by atoms with E-state index in [4.69, 9.17) is 0 Å². The molecule has 7 heteroatoms. The maximum absolute atomic E-state index is 13.6. The van der Waals surface area contributed by atoms with Crippen LogP contribution in [0.15, 0.2) is 59.6 Å². The van der Waals surface area contributed by atoms with Crippen molar-refractivity contribution in [1.29, 1.82) is 0 Å². The SMILES string of the molecule is CN1C(=O)C(CC(=O)Nc2ccccc2F)SC1=Nc1ccccc1. The molecule has 1 atom stereocenters. The number of carbonyl (C=O) groups is 2. The molecular formula is C18H16FN3O2S. The molecule has 5 nitrogen and oxygen atoms in total. The van der Waals surface area contributed by atoms with E-state index in [2.05, 4.69) is 10.3 Å². The van der Waals surface area contributed by atoms with Crippen molar-refractivity contribution < 1.29 is 14.0 Å².